The fraction of sp³-hybridized carbons (Fsp3) is 0.0870. The predicted octanol–water partition coefficient (Wildman–Crippen LogP) is 9.86. The van der Waals surface area contributed by atoms with Crippen LogP contribution in [0.25, 0.3) is 49.7 Å². The minimum atomic E-state index is -2.33. The molecule has 10 rings (SSSR count). The molecule has 8 aromatic rings. The van der Waals surface area contributed by atoms with Crippen LogP contribution in [-0.2, 0) is 0 Å². The van der Waals surface area contributed by atoms with Crippen molar-refractivity contribution in [2.24, 2.45) is 0 Å². The first-order chi connectivity index (χ1) is 24.3. The van der Waals surface area contributed by atoms with Gasteiger partial charge in [0.05, 0.1) is 11.0 Å². The van der Waals surface area contributed by atoms with Crippen LogP contribution in [0.3, 0.4) is 0 Å². The number of hydrogen-bond donors (Lipinski definition) is 0. The third-order valence-electron chi connectivity index (χ3n) is 11.5. The molecule has 1 aromatic heterocycles. The van der Waals surface area contributed by atoms with Crippen LogP contribution in [0.4, 0.5) is 17.1 Å². The molecular formula is C46H38N2Si2. The van der Waals surface area contributed by atoms with Gasteiger partial charge in [0.15, 0.2) is 0 Å². The van der Waals surface area contributed by atoms with E-state index < -0.39 is 16.1 Å². The van der Waals surface area contributed by atoms with Crippen LogP contribution in [-0.4, -0.2) is 20.7 Å². The molecule has 7 aromatic carbocycles. The van der Waals surface area contributed by atoms with E-state index in [1.54, 1.807) is 10.4 Å². The fourth-order valence-electron chi connectivity index (χ4n) is 9.00. The van der Waals surface area contributed by atoms with E-state index >= 15 is 0 Å². The van der Waals surface area contributed by atoms with Crippen LogP contribution < -0.4 is 25.6 Å². The first-order valence-corrected chi connectivity index (χ1v) is 23.7. The Bertz CT molecular complexity index is 2630. The number of anilines is 3. The van der Waals surface area contributed by atoms with Gasteiger partial charge in [0.25, 0.3) is 0 Å². The maximum absolute atomic E-state index is 2.67. The third kappa shape index (κ3) is 4.00. The molecule has 3 heterocycles. The smallest absolute Gasteiger partial charge is 0.120 e. The summed E-state index contributed by atoms with van der Waals surface area (Å²) >= 11 is 0. The van der Waals surface area contributed by atoms with E-state index in [0.29, 0.717) is 0 Å². The second-order valence-electron chi connectivity index (χ2n) is 15.0. The van der Waals surface area contributed by atoms with E-state index in [1.165, 1.54) is 77.2 Å². The summed E-state index contributed by atoms with van der Waals surface area (Å²) in [5.74, 6) is 0. The molecule has 2 aliphatic rings. The van der Waals surface area contributed by atoms with Crippen LogP contribution in [0.2, 0.25) is 26.2 Å². The minimum Gasteiger partial charge on any atom is -0.311 e. The Morgan fingerprint density at radius 2 is 0.940 bits per heavy atom. The second-order valence-corrected chi connectivity index (χ2v) is 23.6. The van der Waals surface area contributed by atoms with Gasteiger partial charge in [-0.05, 0) is 73.3 Å². The molecule has 0 saturated heterocycles. The van der Waals surface area contributed by atoms with Crippen LogP contribution in [0.5, 0.6) is 0 Å². The topological polar surface area (TPSA) is 8.17 Å². The predicted molar refractivity (Wildman–Crippen MR) is 220 cm³/mol. The van der Waals surface area contributed by atoms with Crippen molar-refractivity contribution in [2.75, 3.05) is 4.90 Å². The van der Waals surface area contributed by atoms with E-state index in [4.69, 9.17) is 0 Å². The summed E-state index contributed by atoms with van der Waals surface area (Å²) in [4.78, 5) is 2.67. The van der Waals surface area contributed by atoms with E-state index in [-0.39, 0.29) is 0 Å². The highest BCUT2D eigenvalue weighted by atomic mass is 28.3. The monoisotopic (exact) mass is 674 g/mol. The zero-order chi connectivity index (χ0) is 33.8. The molecule has 0 fully saturated rings. The van der Waals surface area contributed by atoms with Crippen molar-refractivity contribution in [3.63, 3.8) is 0 Å². The van der Waals surface area contributed by atoms with Crippen LogP contribution in [0, 0.1) is 0 Å². The number of rotatable bonds is 3. The summed E-state index contributed by atoms with van der Waals surface area (Å²) in [6, 6.07) is 59.0. The largest absolute Gasteiger partial charge is 0.311 e. The summed E-state index contributed by atoms with van der Waals surface area (Å²) in [6.07, 6.45) is 0. The van der Waals surface area contributed by atoms with Gasteiger partial charge in [-0.25, -0.2) is 0 Å². The number of para-hydroxylation sites is 2. The Kier molecular flexibility index (Phi) is 6.21. The van der Waals surface area contributed by atoms with E-state index in [9.17, 15) is 0 Å². The Labute approximate surface area is 295 Å². The number of fused-ring (bicyclic) bond motifs is 8. The van der Waals surface area contributed by atoms with Crippen molar-refractivity contribution in [3.05, 3.63) is 158 Å². The second kappa shape index (κ2) is 10.5. The average molecular weight is 675 g/mol. The van der Waals surface area contributed by atoms with E-state index in [1.807, 2.05) is 0 Å². The van der Waals surface area contributed by atoms with E-state index in [2.05, 4.69) is 193 Å². The maximum atomic E-state index is 2.67. The van der Waals surface area contributed by atoms with Gasteiger partial charge in [0, 0.05) is 33.5 Å². The molecule has 2 aliphatic heterocycles. The average Bonchev–Trinajstić information content (AvgIpc) is 3.49. The molecule has 0 spiro atoms. The van der Waals surface area contributed by atoms with Crippen molar-refractivity contribution < 1.29 is 0 Å². The first-order valence-electron chi connectivity index (χ1n) is 17.7. The number of benzene rings is 7. The summed E-state index contributed by atoms with van der Waals surface area (Å²) in [5, 5.41) is 8.81. The number of hydrogen-bond acceptors (Lipinski definition) is 1. The molecule has 50 heavy (non-hydrogen) atoms. The molecule has 0 atom stereocenters. The summed E-state index contributed by atoms with van der Waals surface area (Å²) in [6.45, 7) is 10.4. The summed E-state index contributed by atoms with van der Waals surface area (Å²) in [5.41, 5.74) is 13.1. The minimum absolute atomic E-state index is 1.22. The Balaban J connectivity index is 1.37. The Hall–Kier alpha value is -5.43. The van der Waals surface area contributed by atoms with Gasteiger partial charge < -0.3 is 9.47 Å². The lowest BCUT2D eigenvalue weighted by molar-refractivity contribution is 1.18. The zero-order valence-corrected chi connectivity index (χ0v) is 30.9. The fourth-order valence-corrected chi connectivity index (χ4v) is 15.4. The Morgan fingerprint density at radius 1 is 0.420 bits per heavy atom. The molecule has 4 heteroatoms. The lowest BCUT2D eigenvalue weighted by Crippen LogP contribution is -2.67. The number of nitrogens with zero attached hydrogens (tertiary/aromatic N) is 2. The van der Waals surface area contributed by atoms with Gasteiger partial charge in [-0.2, -0.15) is 0 Å². The molecule has 240 valence electrons. The molecule has 0 saturated carbocycles. The van der Waals surface area contributed by atoms with Crippen LogP contribution in [0.15, 0.2) is 158 Å². The lowest BCUT2D eigenvalue weighted by Gasteiger charge is -2.49. The third-order valence-corrected chi connectivity index (χ3v) is 18.4. The van der Waals surface area contributed by atoms with Crippen molar-refractivity contribution in [1.82, 2.24) is 4.57 Å². The molecule has 0 amide bonds. The SMILES string of the molecule is C[Si]1(C)c2cc(-c3ccccc3)ccc2N2c3ccc(-c4ccccc4)cc3[Si](C)(C)c3c2c1cc1c2ccccc2n(-c2ccccc2)c31. The molecule has 0 unspecified atom stereocenters. The highest BCUT2D eigenvalue weighted by molar-refractivity contribution is 7.08. The summed E-state index contributed by atoms with van der Waals surface area (Å²) in [7, 11) is -4.53. The normalized spacial score (nSPS) is 15.1. The van der Waals surface area contributed by atoms with Crippen LogP contribution in [0.1, 0.15) is 0 Å². The first kappa shape index (κ1) is 29.5. The van der Waals surface area contributed by atoms with Gasteiger partial charge in [0.2, 0.25) is 0 Å². The van der Waals surface area contributed by atoms with Crippen LogP contribution >= 0.6 is 0 Å². The molecule has 2 nitrogen and oxygen atoms in total. The molecule has 0 bridgehead atoms. The van der Waals surface area contributed by atoms with Gasteiger partial charge >= 0.3 is 0 Å². The van der Waals surface area contributed by atoms with Crippen molar-refractivity contribution in [3.8, 4) is 27.9 Å². The van der Waals surface area contributed by atoms with Gasteiger partial charge in [-0.15, -0.1) is 0 Å². The molecule has 0 N–H and O–H groups in total. The zero-order valence-electron chi connectivity index (χ0n) is 28.9. The number of aromatic nitrogens is 1. The van der Waals surface area contributed by atoms with Gasteiger partial charge in [0.1, 0.15) is 16.1 Å². The highest BCUT2D eigenvalue weighted by Gasteiger charge is 2.49. The Morgan fingerprint density at radius 3 is 1.54 bits per heavy atom. The van der Waals surface area contributed by atoms with Gasteiger partial charge in [-0.1, -0.05) is 154 Å². The highest BCUT2D eigenvalue weighted by Crippen LogP contribution is 2.46. The van der Waals surface area contributed by atoms with Crippen molar-refractivity contribution in [1.29, 1.82) is 0 Å². The lowest BCUT2D eigenvalue weighted by atomic mass is 10.0. The van der Waals surface area contributed by atoms with E-state index in [0.717, 1.165) is 0 Å². The van der Waals surface area contributed by atoms with Crippen molar-refractivity contribution >= 4 is 75.8 Å². The maximum Gasteiger partial charge on any atom is 0.120 e. The standard InChI is InChI=1S/C46H38N2Si2/c1-49(2)41-28-33(31-16-8-5-9-17-31)24-26-39(41)48-40-27-25-34(32-18-10-6-11-19-32)29-42(40)50(3,4)46-44-37(30-43(49)45(46)48)36-22-14-15-23-38(36)47(44)35-20-12-7-13-21-35/h5-30H,1-4H3. The molecule has 0 radical (unpaired) electrons. The van der Waals surface area contributed by atoms with Crippen molar-refractivity contribution in [2.45, 2.75) is 26.2 Å². The molecular weight excluding hydrogens is 637 g/mol. The van der Waals surface area contributed by atoms with Gasteiger partial charge in [-0.3, -0.25) is 0 Å². The quantitative estimate of drug-likeness (QED) is 0.170. The summed E-state index contributed by atoms with van der Waals surface area (Å²) < 4.78 is 2.57. The molecule has 0 aliphatic carbocycles.